The highest BCUT2D eigenvalue weighted by Gasteiger charge is 2.56. The van der Waals surface area contributed by atoms with E-state index >= 15 is 0 Å². The maximum atomic E-state index is 14.2. The molecule has 2 aromatic carbocycles. The van der Waals surface area contributed by atoms with Gasteiger partial charge in [-0.3, -0.25) is 0 Å². The van der Waals surface area contributed by atoms with Crippen LogP contribution in [0, 0.1) is 25.2 Å². The summed E-state index contributed by atoms with van der Waals surface area (Å²) in [6.07, 6.45) is -6.37. The van der Waals surface area contributed by atoms with Crippen LogP contribution in [-0.2, 0) is 11.8 Å². The first-order chi connectivity index (χ1) is 14.3. The van der Waals surface area contributed by atoms with Crippen molar-refractivity contribution in [1.82, 2.24) is 4.98 Å². The van der Waals surface area contributed by atoms with Gasteiger partial charge in [0.25, 0.3) is 0 Å². The van der Waals surface area contributed by atoms with Gasteiger partial charge in [-0.25, -0.2) is 0 Å². The van der Waals surface area contributed by atoms with Gasteiger partial charge in [0.1, 0.15) is 11.8 Å². The molecule has 7 heteroatoms. The van der Waals surface area contributed by atoms with Crippen LogP contribution in [0.5, 0.6) is 5.75 Å². The quantitative estimate of drug-likeness (QED) is 0.495. The number of aromatic nitrogens is 1. The molecule has 1 heterocycles. The van der Waals surface area contributed by atoms with Gasteiger partial charge in [0.15, 0.2) is 5.60 Å². The minimum Gasteiger partial charge on any atom is -0.508 e. The molecule has 1 aromatic heterocycles. The van der Waals surface area contributed by atoms with Crippen molar-refractivity contribution in [2.75, 3.05) is 0 Å². The molecule has 1 atom stereocenters. The van der Waals surface area contributed by atoms with Crippen molar-refractivity contribution in [3.63, 3.8) is 0 Å². The molecule has 3 N–H and O–H groups in total. The summed E-state index contributed by atoms with van der Waals surface area (Å²) in [7, 11) is 0. The summed E-state index contributed by atoms with van der Waals surface area (Å²) in [5.74, 6) is -0.0379. The average Bonchev–Trinajstić information content (AvgIpc) is 2.99. The van der Waals surface area contributed by atoms with Crippen LogP contribution >= 0.6 is 0 Å². The van der Waals surface area contributed by atoms with Gasteiger partial charge in [0.2, 0.25) is 0 Å². The molecule has 0 spiro atoms. The number of fused-ring (bicyclic) bond motifs is 1. The normalized spacial score (nSPS) is 14.4. The van der Waals surface area contributed by atoms with Crippen molar-refractivity contribution in [1.29, 1.82) is 5.26 Å². The number of halogens is 3. The van der Waals surface area contributed by atoms with Gasteiger partial charge in [-0.15, -0.1) is 0 Å². The Kier molecular flexibility index (Phi) is 5.57. The van der Waals surface area contributed by atoms with E-state index in [-0.39, 0.29) is 17.0 Å². The highest BCUT2D eigenvalue weighted by Crippen LogP contribution is 2.45. The monoisotopic (exact) mass is 430 g/mol. The van der Waals surface area contributed by atoms with Crippen molar-refractivity contribution in [2.24, 2.45) is 0 Å². The lowest BCUT2D eigenvalue weighted by molar-refractivity contribution is -0.266. The Morgan fingerprint density at radius 2 is 1.74 bits per heavy atom. The standard InChI is InChI=1S/C24H25F3N2O2/c1-14-9-16(30)10-19(15(14)2)22(3,4)13-23(31,24(25,26)27)11-21-18(12-28)17-7-5-6-8-20(17)29-21/h5-10,29-31H,11,13H2,1-4H3. The zero-order valence-electron chi connectivity index (χ0n) is 17.9. The summed E-state index contributed by atoms with van der Waals surface area (Å²) in [6, 6.07) is 11.7. The predicted molar refractivity (Wildman–Crippen MR) is 113 cm³/mol. The number of rotatable bonds is 5. The SMILES string of the molecule is Cc1cc(O)cc(C(C)(C)CC(O)(Cc2[nH]c3ccccc3c2C#N)C(F)(F)F)c1C. The fraction of sp³-hybridized carbons (Fsp3) is 0.375. The summed E-state index contributed by atoms with van der Waals surface area (Å²) >= 11 is 0. The zero-order chi connectivity index (χ0) is 23.2. The van der Waals surface area contributed by atoms with E-state index < -0.39 is 30.0 Å². The Bertz CT molecular complexity index is 1170. The number of phenols is 1. The Morgan fingerprint density at radius 3 is 2.35 bits per heavy atom. The number of aryl methyl sites for hydroxylation is 1. The molecule has 0 aliphatic heterocycles. The molecule has 0 radical (unpaired) electrons. The molecule has 0 saturated carbocycles. The molecular weight excluding hydrogens is 405 g/mol. The highest BCUT2D eigenvalue weighted by atomic mass is 19.4. The van der Waals surface area contributed by atoms with E-state index in [0.29, 0.717) is 16.5 Å². The van der Waals surface area contributed by atoms with Gasteiger partial charge < -0.3 is 15.2 Å². The second-order valence-electron chi connectivity index (χ2n) is 8.84. The van der Waals surface area contributed by atoms with Crippen molar-refractivity contribution in [2.45, 2.75) is 57.7 Å². The van der Waals surface area contributed by atoms with Crippen LogP contribution in [0.3, 0.4) is 0 Å². The third-order valence-corrected chi connectivity index (χ3v) is 6.01. The smallest absolute Gasteiger partial charge is 0.417 e. The number of H-pyrrole nitrogens is 1. The van der Waals surface area contributed by atoms with Crippen molar-refractivity contribution in [3.8, 4) is 11.8 Å². The number of hydrogen-bond acceptors (Lipinski definition) is 3. The van der Waals surface area contributed by atoms with Gasteiger partial charge in [-0.2, -0.15) is 18.4 Å². The number of alkyl halides is 3. The summed E-state index contributed by atoms with van der Waals surface area (Å²) < 4.78 is 42.6. The number of aromatic hydroxyl groups is 1. The molecular formula is C24H25F3N2O2. The number of nitriles is 1. The first kappa shape index (κ1) is 22.7. The summed E-state index contributed by atoms with van der Waals surface area (Å²) in [5, 5.41) is 31.0. The largest absolute Gasteiger partial charge is 0.508 e. The number of aromatic amines is 1. The number of benzene rings is 2. The second kappa shape index (κ2) is 7.61. The van der Waals surface area contributed by atoms with Crippen LogP contribution in [0.1, 0.15) is 48.2 Å². The molecule has 0 aliphatic carbocycles. The number of hydrogen-bond donors (Lipinski definition) is 3. The Labute approximate surface area is 179 Å². The van der Waals surface area contributed by atoms with E-state index in [0.717, 1.165) is 11.1 Å². The molecule has 0 saturated heterocycles. The third-order valence-electron chi connectivity index (χ3n) is 6.01. The van der Waals surface area contributed by atoms with E-state index in [4.69, 9.17) is 0 Å². The van der Waals surface area contributed by atoms with Crippen molar-refractivity contribution < 1.29 is 23.4 Å². The van der Waals surface area contributed by atoms with E-state index in [1.54, 1.807) is 58.0 Å². The predicted octanol–water partition coefficient (Wildman–Crippen LogP) is 5.57. The summed E-state index contributed by atoms with van der Waals surface area (Å²) in [6.45, 7) is 6.78. The first-order valence-corrected chi connectivity index (χ1v) is 9.88. The van der Waals surface area contributed by atoms with E-state index in [9.17, 15) is 28.6 Å². The van der Waals surface area contributed by atoms with Gasteiger partial charge in [0, 0.05) is 23.0 Å². The van der Waals surface area contributed by atoms with Gasteiger partial charge >= 0.3 is 6.18 Å². The number of para-hydroxylation sites is 1. The van der Waals surface area contributed by atoms with Crippen LogP contribution in [0.4, 0.5) is 13.2 Å². The number of phenolic OH excluding ortho intramolecular Hbond substituents is 1. The topological polar surface area (TPSA) is 80.0 Å². The fourth-order valence-corrected chi connectivity index (χ4v) is 4.38. The van der Waals surface area contributed by atoms with Gasteiger partial charge in [-0.1, -0.05) is 32.0 Å². The van der Waals surface area contributed by atoms with Gasteiger partial charge in [0.05, 0.1) is 5.56 Å². The molecule has 0 bridgehead atoms. The molecule has 31 heavy (non-hydrogen) atoms. The molecule has 0 aliphatic rings. The maximum absolute atomic E-state index is 14.2. The molecule has 0 amide bonds. The van der Waals surface area contributed by atoms with Crippen LogP contribution in [-0.4, -0.2) is 27.0 Å². The lowest BCUT2D eigenvalue weighted by Crippen LogP contribution is -2.51. The number of aliphatic hydroxyl groups is 1. The molecule has 3 rings (SSSR count). The van der Waals surface area contributed by atoms with E-state index in [1.807, 2.05) is 6.07 Å². The molecule has 164 valence electrons. The third kappa shape index (κ3) is 4.13. The van der Waals surface area contributed by atoms with Crippen molar-refractivity contribution in [3.05, 3.63) is 64.3 Å². The lowest BCUT2D eigenvalue weighted by atomic mass is 9.71. The number of nitrogens with one attached hydrogen (secondary N) is 1. The van der Waals surface area contributed by atoms with E-state index in [2.05, 4.69) is 4.98 Å². The first-order valence-electron chi connectivity index (χ1n) is 9.88. The van der Waals surface area contributed by atoms with Crippen LogP contribution in [0.25, 0.3) is 10.9 Å². The zero-order valence-corrected chi connectivity index (χ0v) is 17.9. The minimum atomic E-state index is -4.94. The van der Waals surface area contributed by atoms with E-state index in [1.165, 1.54) is 6.07 Å². The van der Waals surface area contributed by atoms with Crippen molar-refractivity contribution >= 4 is 10.9 Å². The van der Waals surface area contributed by atoms with Gasteiger partial charge in [-0.05, 0) is 60.6 Å². The fourth-order valence-electron chi connectivity index (χ4n) is 4.38. The molecule has 3 aromatic rings. The Balaban J connectivity index is 2.08. The Hall–Kier alpha value is -2.98. The second-order valence-corrected chi connectivity index (χ2v) is 8.84. The maximum Gasteiger partial charge on any atom is 0.417 e. The average molecular weight is 430 g/mol. The van der Waals surface area contributed by atoms with Crippen LogP contribution in [0.15, 0.2) is 36.4 Å². The van der Waals surface area contributed by atoms with Crippen LogP contribution < -0.4 is 0 Å². The minimum absolute atomic E-state index is 0.0379. The molecule has 1 unspecified atom stereocenters. The summed E-state index contributed by atoms with van der Waals surface area (Å²) in [5.41, 5.74) is -1.48. The summed E-state index contributed by atoms with van der Waals surface area (Å²) in [4.78, 5) is 2.88. The highest BCUT2D eigenvalue weighted by molar-refractivity contribution is 5.87. The number of nitrogens with zero attached hydrogens (tertiary/aromatic N) is 1. The van der Waals surface area contributed by atoms with Crippen LogP contribution in [0.2, 0.25) is 0 Å². The Morgan fingerprint density at radius 1 is 1.10 bits per heavy atom. The molecule has 4 nitrogen and oxygen atoms in total. The lowest BCUT2D eigenvalue weighted by Gasteiger charge is -2.38. The molecule has 0 fully saturated rings.